The predicted octanol–water partition coefficient (Wildman–Crippen LogP) is 2.71. The Hall–Kier alpha value is -1.43. The van der Waals surface area contributed by atoms with Gasteiger partial charge in [-0.25, -0.2) is 0 Å². The van der Waals surface area contributed by atoms with Gasteiger partial charge in [0.25, 0.3) is 0 Å². The molecular weight excluding hydrogens is 362 g/mol. The number of likely N-dealkylation sites (tertiary alicyclic amines) is 1. The molecule has 1 aliphatic carbocycles. The first kappa shape index (κ1) is 22.3. The van der Waals surface area contributed by atoms with Gasteiger partial charge in [-0.1, -0.05) is 49.6 Å². The van der Waals surface area contributed by atoms with Crippen LogP contribution in [0.4, 0.5) is 0 Å². The maximum Gasteiger partial charge on any atom is 0.237 e. The molecule has 1 heterocycles. The van der Waals surface area contributed by atoms with Gasteiger partial charge in [-0.15, -0.1) is 0 Å². The van der Waals surface area contributed by atoms with Crippen LogP contribution in [0.3, 0.4) is 0 Å². The fourth-order valence-electron chi connectivity index (χ4n) is 5.02. The summed E-state index contributed by atoms with van der Waals surface area (Å²) in [4.78, 5) is 15.3. The molecule has 5 atom stereocenters. The summed E-state index contributed by atoms with van der Waals surface area (Å²) in [6, 6.07) is 9.54. The minimum atomic E-state index is -0.653. The highest BCUT2D eigenvalue weighted by molar-refractivity contribution is 5.82. The monoisotopic (exact) mass is 401 g/mol. The molecule has 4 N–H and O–H groups in total. The Bertz CT molecular complexity index is 658. The van der Waals surface area contributed by atoms with Gasteiger partial charge in [0.1, 0.15) is 0 Å². The number of β-amino-alcohol motifs (C(OH)–C–C–N with tert-alkyl or cyclic N) is 1. The molecule has 0 aromatic heterocycles. The van der Waals surface area contributed by atoms with Crippen molar-refractivity contribution in [2.75, 3.05) is 13.1 Å². The van der Waals surface area contributed by atoms with E-state index in [-0.39, 0.29) is 23.5 Å². The lowest BCUT2D eigenvalue weighted by molar-refractivity contribution is -0.132. The Kier molecular flexibility index (Phi) is 7.36. The lowest BCUT2D eigenvalue weighted by Crippen LogP contribution is -2.59. The van der Waals surface area contributed by atoms with Crippen molar-refractivity contribution in [1.82, 2.24) is 10.2 Å². The molecule has 29 heavy (non-hydrogen) atoms. The number of fused-ring (bicyclic) bond motifs is 1. The van der Waals surface area contributed by atoms with Gasteiger partial charge in [0, 0.05) is 24.7 Å². The second kappa shape index (κ2) is 9.59. The Morgan fingerprint density at radius 3 is 2.52 bits per heavy atom. The molecule has 5 heteroatoms. The number of amides is 1. The number of nitrogens with zero attached hydrogens (tertiary/aromatic N) is 1. The number of aliphatic hydroxyl groups is 1. The second-order valence-corrected chi connectivity index (χ2v) is 10.2. The Morgan fingerprint density at radius 2 is 1.86 bits per heavy atom. The molecule has 1 saturated carbocycles. The van der Waals surface area contributed by atoms with Crippen molar-refractivity contribution in [3.8, 4) is 0 Å². The van der Waals surface area contributed by atoms with Crippen molar-refractivity contribution in [1.29, 1.82) is 0 Å². The van der Waals surface area contributed by atoms with Crippen LogP contribution in [0.1, 0.15) is 58.4 Å². The van der Waals surface area contributed by atoms with E-state index in [1.807, 2.05) is 51.1 Å². The zero-order valence-electron chi connectivity index (χ0n) is 18.3. The maximum absolute atomic E-state index is 13.1. The molecule has 0 spiro atoms. The maximum atomic E-state index is 13.1. The first-order chi connectivity index (χ1) is 13.7. The van der Waals surface area contributed by atoms with Gasteiger partial charge in [0.05, 0.1) is 12.1 Å². The van der Waals surface area contributed by atoms with Gasteiger partial charge in [-0.3, -0.25) is 9.69 Å². The zero-order valence-corrected chi connectivity index (χ0v) is 18.3. The van der Waals surface area contributed by atoms with E-state index in [0.717, 1.165) is 18.5 Å². The molecule has 1 amide bonds. The summed E-state index contributed by atoms with van der Waals surface area (Å²) in [6.07, 6.45) is 5.91. The van der Waals surface area contributed by atoms with E-state index in [1.54, 1.807) is 0 Å². The van der Waals surface area contributed by atoms with Crippen LogP contribution in [0.15, 0.2) is 30.3 Å². The van der Waals surface area contributed by atoms with Crippen molar-refractivity contribution in [2.45, 2.75) is 83.0 Å². The summed E-state index contributed by atoms with van der Waals surface area (Å²) in [5, 5.41) is 14.0. The van der Waals surface area contributed by atoms with Crippen LogP contribution in [0.2, 0.25) is 0 Å². The number of nitrogens with one attached hydrogen (secondary N) is 1. The van der Waals surface area contributed by atoms with Crippen LogP contribution < -0.4 is 11.1 Å². The van der Waals surface area contributed by atoms with Crippen molar-refractivity contribution < 1.29 is 9.90 Å². The van der Waals surface area contributed by atoms with E-state index < -0.39 is 6.10 Å². The molecule has 1 saturated heterocycles. The lowest BCUT2D eigenvalue weighted by atomic mass is 9.72. The van der Waals surface area contributed by atoms with Crippen LogP contribution >= 0.6 is 0 Å². The molecular formula is C24H39N3O2. The van der Waals surface area contributed by atoms with Gasteiger partial charge >= 0.3 is 0 Å². The average Bonchev–Trinajstić information content (AvgIpc) is 2.66. The Morgan fingerprint density at radius 1 is 1.21 bits per heavy atom. The first-order valence-electron chi connectivity index (χ1n) is 11.3. The number of carbonyl (C=O) groups is 1. The summed E-state index contributed by atoms with van der Waals surface area (Å²) < 4.78 is 0. The third kappa shape index (κ3) is 6.27. The average molecular weight is 402 g/mol. The highest BCUT2D eigenvalue weighted by Crippen LogP contribution is 2.38. The molecule has 3 rings (SSSR count). The van der Waals surface area contributed by atoms with E-state index in [2.05, 4.69) is 10.2 Å². The van der Waals surface area contributed by atoms with Crippen molar-refractivity contribution >= 4 is 5.91 Å². The number of hydrogen-bond acceptors (Lipinski definition) is 4. The number of rotatable bonds is 6. The largest absolute Gasteiger partial charge is 0.390 e. The summed E-state index contributed by atoms with van der Waals surface area (Å²) >= 11 is 0. The molecule has 5 unspecified atom stereocenters. The summed E-state index contributed by atoms with van der Waals surface area (Å²) in [6.45, 7) is 7.41. The third-order valence-electron chi connectivity index (χ3n) is 6.53. The number of piperidine rings is 1. The molecule has 162 valence electrons. The van der Waals surface area contributed by atoms with E-state index >= 15 is 0 Å². The number of hydrogen-bond donors (Lipinski definition) is 3. The second-order valence-electron chi connectivity index (χ2n) is 10.2. The number of benzene rings is 1. The normalized spacial score (nSPS) is 27.7. The highest BCUT2D eigenvalue weighted by atomic mass is 16.3. The van der Waals surface area contributed by atoms with E-state index in [0.29, 0.717) is 24.8 Å². The van der Waals surface area contributed by atoms with E-state index in [4.69, 9.17) is 5.73 Å². The highest BCUT2D eigenvalue weighted by Gasteiger charge is 2.41. The molecule has 1 aliphatic heterocycles. The quantitative estimate of drug-likeness (QED) is 0.685. The van der Waals surface area contributed by atoms with Crippen molar-refractivity contribution in [3.63, 3.8) is 0 Å². The predicted molar refractivity (Wildman–Crippen MR) is 117 cm³/mol. The first-order valence-corrected chi connectivity index (χ1v) is 11.3. The summed E-state index contributed by atoms with van der Waals surface area (Å²) in [7, 11) is 0. The molecule has 2 aliphatic rings. The van der Waals surface area contributed by atoms with Gasteiger partial charge < -0.3 is 16.2 Å². The van der Waals surface area contributed by atoms with Gasteiger partial charge in [-0.05, 0) is 57.4 Å². The van der Waals surface area contributed by atoms with Gasteiger partial charge in [0.15, 0.2) is 0 Å². The number of aliphatic hydroxyl groups excluding tert-OH is 1. The molecule has 0 bridgehead atoms. The molecule has 0 radical (unpaired) electrons. The van der Waals surface area contributed by atoms with Crippen LogP contribution in [0.25, 0.3) is 0 Å². The van der Waals surface area contributed by atoms with Crippen molar-refractivity contribution in [2.24, 2.45) is 17.6 Å². The smallest absolute Gasteiger partial charge is 0.237 e. The fraction of sp³-hybridized carbons (Fsp3) is 0.708. The molecule has 5 nitrogen and oxygen atoms in total. The molecule has 2 fully saturated rings. The van der Waals surface area contributed by atoms with E-state index in [1.165, 1.54) is 25.7 Å². The Labute approximate surface area is 176 Å². The van der Waals surface area contributed by atoms with Crippen molar-refractivity contribution in [3.05, 3.63) is 35.9 Å². The molecule has 1 aromatic carbocycles. The van der Waals surface area contributed by atoms with Crippen LogP contribution in [-0.4, -0.2) is 52.7 Å². The van der Waals surface area contributed by atoms with Crippen LogP contribution in [0.5, 0.6) is 0 Å². The number of carbonyl (C=O) groups excluding carboxylic acids is 1. The zero-order chi connectivity index (χ0) is 21.0. The third-order valence-corrected chi connectivity index (χ3v) is 6.53. The minimum Gasteiger partial charge on any atom is -0.390 e. The Balaban J connectivity index is 1.67. The van der Waals surface area contributed by atoms with E-state index in [9.17, 15) is 9.90 Å². The standard InChI is InChI=1S/C24H39N3O2/c1-24(2,3)26-23(29)21-14-18-11-7-8-12-19(18)15-27(21)16-22(28)20(25)13-17-9-5-4-6-10-17/h4-6,9-10,18-22,28H,7-8,11-16,25H2,1-3H3,(H,26,29). The molecule has 1 aromatic rings. The van der Waals surface area contributed by atoms with Gasteiger partial charge in [-0.2, -0.15) is 0 Å². The fourth-order valence-corrected chi connectivity index (χ4v) is 5.02. The summed E-state index contributed by atoms with van der Waals surface area (Å²) in [5.41, 5.74) is 7.22. The SMILES string of the molecule is CC(C)(C)NC(=O)C1CC2CCCCC2CN1CC(O)C(N)Cc1ccccc1. The topological polar surface area (TPSA) is 78.6 Å². The summed E-state index contributed by atoms with van der Waals surface area (Å²) in [5.74, 6) is 1.36. The lowest BCUT2D eigenvalue weighted by Gasteiger charge is -2.46. The number of nitrogens with two attached hydrogens (primary N) is 1. The van der Waals surface area contributed by atoms with Crippen LogP contribution in [0, 0.1) is 11.8 Å². The van der Waals surface area contributed by atoms with Gasteiger partial charge in [0.2, 0.25) is 5.91 Å². The minimum absolute atomic E-state index is 0.0883. The van der Waals surface area contributed by atoms with Crippen LogP contribution in [-0.2, 0) is 11.2 Å².